The first-order valence-corrected chi connectivity index (χ1v) is 39.1. The van der Waals surface area contributed by atoms with Crippen LogP contribution in [-0.4, -0.2) is 182 Å². The highest BCUT2D eigenvalue weighted by Crippen LogP contribution is 2.72. The second-order valence-electron chi connectivity index (χ2n) is 30.5. The normalized spacial score (nSPS) is 21.3. The van der Waals surface area contributed by atoms with Crippen LogP contribution in [0.25, 0.3) is 21.3 Å². The van der Waals surface area contributed by atoms with Crippen molar-refractivity contribution in [1.29, 1.82) is 0 Å². The lowest BCUT2D eigenvalue weighted by molar-refractivity contribution is -0.248. The molecule has 8 amide bonds. The number of alkyl carbamates (subject to hydrolysis) is 1. The smallest absolute Gasteiger partial charge is 0.407 e. The zero-order valence-corrected chi connectivity index (χ0v) is 62.8. The molecular formula is C76H98N14O15S2. The van der Waals surface area contributed by atoms with Crippen LogP contribution in [0.2, 0.25) is 0 Å². The number of benzene rings is 3. The average Bonchev–Trinajstić information content (AvgIpc) is 1.68. The van der Waals surface area contributed by atoms with Crippen LogP contribution in [0.1, 0.15) is 154 Å². The van der Waals surface area contributed by atoms with Crippen molar-refractivity contribution in [2.75, 3.05) is 73.7 Å². The molecule has 4 fully saturated rings. The topological polar surface area (TPSA) is 401 Å². The Morgan fingerprint density at radius 2 is 1.57 bits per heavy atom. The Labute approximate surface area is 626 Å². The van der Waals surface area contributed by atoms with E-state index in [1.165, 1.54) is 28.4 Å². The number of aliphatic hydroxyl groups excluding tert-OH is 1. The summed E-state index contributed by atoms with van der Waals surface area (Å²) in [6.45, 7) is 13.3. The van der Waals surface area contributed by atoms with Gasteiger partial charge in [0, 0.05) is 92.9 Å². The number of ether oxygens (including phenoxy) is 2. The van der Waals surface area contributed by atoms with Gasteiger partial charge in [0.25, 0.3) is 16.0 Å². The summed E-state index contributed by atoms with van der Waals surface area (Å²) >= 11 is 1.41. The van der Waals surface area contributed by atoms with Crippen molar-refractivity contribution in [2.45, 2.75) is 168 Å². The number of nitrogens with zero attached hydrogens (tertiary/aromatic N) is 7. The van der Waals surface area contributed by atoms with Crippen LogP contribution in [0.5, 0.6) is 0 Å². The van der Waals surface area contributed by atoms with Gasteiger partial charge >= 0.3 is 18.1 Å². The number of unbranched alkanes of at least 4 members (excludes halogenated alkanes) is 2. The van der Waals surface area contributed by atoms with Gasteiger partial charge in [-0.3, -0.25) is 43.4 Å². The number of fused-ring (bicyclic) bond motifs is 2. The molecule has 107 heavy (non-hydrogen) atoms. The number of aromatic carboxylic acids is 1. The van der Waals surface area contributed by atoms with Crippen LogP contribution < -0.4 is 42.5 Å². The second kappa shape index (κ2) is 33.8. The number of aromatic nitrogens is 4. The van der Waals surface area contributed by atoms with Crippen molar-refractivity contribution in [3.05, 3.63) is 131 Å². The number of hydrogen-bond acceptors (Lipinski definition) is 19. The first-order chi connectivity index (χ1) is 50.9. The molecule has 12 rings (SSSR count). The maximum atomic E-state index is 13.8. The molecule has 11 N–H and O–H groups in total. The number of amides is 8. The zero-order valence-electron chi connectivity index (χ0n) is 61.2. The summed E-state index contributed by atoms with van der Waals surface area (Å²) in [6, 6.07) is 20.8. The van der Waals surface area contributed by atoms with Gasteiger partial charge in [0.1, 0.15) is 30.7 Å². The van der Waals surface area contributed by atoms with Gasteiger partial charge in [-0.1, -0.05) is 81.9 Å². The highest BCUT2D eigenvalue weighted by molar-refractivity contribution is 7.85. The molecule has 0 radical (unpaired) electrons. The van der Waals surface area contributed by atoms with E-state index in [1.807, 2.05) is 63.9 Å². The molecule has 3 aromatic heterocycles. The van der Waals surface area contributed by atoms with Gasteiger partial charge in [-0.15, -0.1) is 0 Å². The number of anilines is 3. The monoisotopic (exact) mass is 1510 g/mol. The molecule has 5 heterocycles. The predicted molar refractivity (Wildman–Crippen MR) is 403 cm³/mol. The molecule has 574 valence electrons. The third-order valence-electron chi connectivity index (χ3n) is 21.1. The number of nitrogens with two attached hydrogens (primary N) is 1. The molecule has 31 heteroatoms. The third-order valence-corrected chi connectivity index (χ3v) is 22.8. The predicted octanol–water partition coefficient (Wildman–Crippen LogP) is 8.31. The van der Waals surface area contributed by atoms with Gasteiger partial charge < -0.3 is 61.8 Å². The van der Waals surface area contributed by atoms with Crippen LogP contribution >= 0.6 is 11.3 Å². The van der Waals surface area contributed by atoms with Crippen molar-refractivity contribution >= 4 is 95.9 Å². The number of carboxylic acid groups (broad SMARTS) is 1. The molecule has 29 nitrogen and oxygen atoms in total. The Morgan fingerprint density at radius 3 is 2.28 bits per heavy atom. The maximum Gasteiger partial charge on any atom is 0.407 e. The number of rotatable bonds is 36. The Hall–Kier alpha value is -9.40. The summed E-state index contributed by atoms with van der Waals surface area (Å²) in [7, 11) is -4.31. The summed E-state index contributed by atoms with van der Waals surface area (Å²) in [4.78, 5) is 118. The van der Waals surface area contributed by atoms with Crippen LogP contribution in [0.4, 0.5) is 26.2 Å². The van der Waals surface area contributed by atoms with Gasteiger partial charge in [0.15, 0.2) is 10.8 Å². The number of carboxylic acids is 1. The minimum atomic E-state index is -4.31. The molecule has 6 aliphatic rings. The second-order valence-corrected chi connectivity index (χ2v) is 33.1. The average molecular weight is 1510 g/mol. The number of thiazole rings is 1. The number of primary amides is 1. The summed E-state index contributed by atoms with van der Waals surface area (Å²) in [5.41, 5.74) is 10.5. The van der Waals surface area contributed by atoms with E-state index in [0.717, 1.165) is 65.6 Å². The highest BCUT2D eigenvalue weighted by atomic mass is 32.2. The molecule has 2 aliphatic heterocycles. The van der Waals surface area contributed by atoms with Crippen LogP contribution in [0.15, 0.2) is 97.2 Å². The molecule has 4 saturated carbocycles. The van der Waals surface area contributed by atoms with E-state index in [9.17, 15) is 61.5 Å². The molecule has 5 atom stereocenters. The van der Waals surface area contributed by atoms with Gasteiger partial charge in [0.2, 0.25) is 23.6 Å². The first-order valence-electron chi connectivity index (χ1n) is 36.7. The van der Waals surface area contributed by atoms with E-state index in [-0.39, 0.29) is 97.7 Å². The standard InChI is InChI=1S/C76H98N14O15S2/c1-48(2)64(85-61(91)19-7-6-10-32-89-62(92)26-27-63(89)93)68(96)82-58(17-12-29-78-70(77)99)67(95)81-52-22-20-50(21-23-52)40-104-72(100)79-30-13-31-87(35-37-107(101,102)103)34-36-105-76-44-73(4)41-74(5,45-76)43-75(42-73,46-76)47-90-49(3)55(38-80-90)53-24-25-60(84-65(53)69(97)98)88-33-28-51-14-11-15-54(56(51)39-88)66(94)86-71-83-57-16-8-9-18-59(57)106-71/h8-9,11,14-16,18,20-27,38,48,58,62,64,92H,6-7,10,12-13,17,19,28-37,39-47H2,1-5H3,(H,79,100)(H,81,95)(H,82,96)(H,85,91)(H,97,98)(H3,77,78,99)(H,83,86,94)(H,101,102,103)/t58-,62?,64-,73?,74?,75?,76?/m0/s1. The Balaban J connectivity index is 0.649. The summed E-state index contributed by atoms with van der Waals surface area (Å²) in [5, 5.41) is 42.7. The van der Waals surface area contributed by atoms with E-state index >= 15 is 0 Å². The van der Waals surface area contributed by atoms with E-state index in [4.69, 9.17) is 25.3 Å². The number of carbonyl (C=O) groups is 8. The number of pyridine rings is 1. The van der Waals surface area contributed by atoms with E-state index in [2.05, 4.69) is 50.7 Å². The minimum absolute atomic E-state index is 0.0288. The van der Waals surface area contributed by atoms with Crippen molar-refractivity contribution in [3.8, 4) is 11.1 Å². The number of nitrogens with one attached hydrogen (secondary N) is 6. The van der Waals surface area contributed by atoms with Crippen LogP contribution in [0.3, 0.4) is 0 Å². The number of carbonyl (C=O) groups excluding carboxylic acids is 7. The van der Waals surface area contributed by atoms with Crippen molar-refractivity contribution in [2.24, 2.45) is 27.9 Å². The fourth-order valence-corrected chi connectivity index (χ4v) is 18.7. The minimum Gasteiger partial charge on any atom is -0.476 e. The first kappa shape index (κ1) is 78.7. The van der Waals surface area contributed by atoms with Gasteiger partial charge in [0.05, 0.1) is 34.4 Å². The van der Waals surface area contributed by atoms with Crippen LogP contribution in [-0.2, 0) is 64.9 Å². The molecule has 0 spiro atoms. The van der Waals surface area contributed by atoms with E-state index in [1.54, 1.807) is 56.4 Å². The molecule has 4 aliphatic carbocycles. The zero-order chi connectivity index (χ0) is 76.4. The Kier molecular flexibility index (Phi) is 24.9. The lowest BCUT2D eigenvalue weighted by Gasteiger charge is -2.69. The number of para-hydroxylation sites is 1. The Morgan fingerprint density at radius 1 is 0.813 bits per heavy atom. The molecule has 6 aromatic rings. The molecule has 4 bridgehead atoms. The van der Waals surface area contributed by atoms with Gasteiger partial charge in [-0.2, -0.15) is 13.5 Å². The van der Waals surface area contributed by atoms with Crippen LogP contribution in [0, 0.1) is 29.1 Å². The lowest BCUT2D eigenvalue weighted by atomic mass is 9.39. The SMILES string of the molecule is Cc1c(-c2ccc(N3CCc4cccc(C(=O)Nc5nc6ccccc6s5)c4C3)nc2C(=O)O)cnn1CC12CC3(C)CC(C)(C1)CC(OCCN(CCCNC(=O)OCc1ccc(NC(=O)[C@H](CCCNC(N)=O)NC(=O)[C@@H](NC(=O)CCCCCN4C(=O)C=CC4O)C(C)C)cc1)CCS(=O)(=O)O)(C3)C2. The van der Waals surface area contributed by atoms with Crippen molar-refractivity contribution < 1.29 is 71.0 Å². The lowest BCUT2D eigenvalue weighted by Crippen LogP contribution is -2.64. The van der Waals surface area contributed by atoms with Gasteiger partial charge in [-0.25, -0.2) is 24.4 Å². The molecular weight excluding hydrogens is 1410 g/mol. The number of hydrogen-bond donors (Lipinski definition) is 10. The molecule has 0 saturated heterocycles. The molecule has 3 aromatic carbocycles. The van der Waals surface area contributed by atoms with E-state index in [0.29, 0.717) is 110 Å². The number of urea groups is 1. The quantitative estimate of drug-likeness (QED) is 0.0130. The maximum absolute atomic E-state index is 13.8. The summed E-state index contributed by atoms with van der Waals surface area (Å²) < 4.78 is 49.5. The van der Waals surface area contributed by atoms with Crippen molar-refractivity contribution in [1.82, 2.24) is 50.8 Å². The number of aliphatic hydroxyl groups is 1. The molecule has 3 unspecified atom stereocenters. The highest BCUT2D eigenvalue weighted by Gasteiger charge is 2.66. The fraction of sp³-hybridized carbons (Fsp3) is 0.513. The largest absolute Gasteiger partial charge is 0.476 e. The fourth-order valence-electron chi connectivity index (χ4n) is 17.3. The summed E-state index contributed by atoms with van der Waals surface area (Å²) in [5.74, 6) is -3.59. The van der Waals surface area contributed by atoms with Crippen molar-refractivity contribution in [3.63, 3.8) is 0 Å². The summed E-state index contributed by atoms with van der Waals surface area (Å²) in [6.07, 6.45) is 11.4. The Bertz CT molecular complexity index is 4380. The van der Waals surface area contributed by atoms with E-state index < -0.39 is 69.7 Å². The third kappa shape index (κ3) is 20.3. The van der Waals surface area contributed by atoms with Gasteiger partial charge in [-0.05, 0) is 178 Å².